The second-order valence-corrected chi connectivity index (χ2v) is 6.09. The number of halogens is 1. The molecule has 19 heavy (non-hydrogen) atoms. The fourth-order valence-corrected chi connectivity index (χ4v) is 3.13. The molecule has 1 aliphatic heterocycles. The van der Waals surface area contributed by atoms with E-state index in [9.17, 15) is 0 Å². The zero-order valence-corrected chi connectivity index (χ0v) is 12.9. The predicted molar refractivity (Wildman–Crippen MR) is 87.2 cm³/mol. The van der Waals surface area contributed by atoms with Crippen molar-refractivity contribution in [2.24, 2.45) is 11.7 Å². The fourth-order valence-electron chi connectivity index (χ4n) is 2.80. The lowest BCUT2D eigenvalue weighted by molar-refractivity contribution is 0.459. The first kappa shape index (κ1) is 14.6. The smallest absolute Gasteiger partial charge is 0.106 e. The van der Waals surface area contributed by atoms with E-state index in [2.05, 4.69) is 11.8 Å². The number of benzene rings is 1. The molecule has 2 N–H and O–H groups in total. The molecule has 1 atom stereocenters. The number of nitrogens with two attached hydrogens (primary N) is 1. The summed E-state index contributed by atoms with van der Waals surface area (Å²) in [6.45, 7) is 4.44. The van der Waals surface area contributed by atoms with Crippen molar-refractivity contribution >= 4 is 34.5 Å². The topological polar surface area (TPSA) is 29.3 Å². The van der Waals surface area contributed by atoms with Gasteiger partial charge in [0.25, 0.3) is 0 Å². The van der Waals surface area contributed by atoms with Crippen molar-refractivity contribution in [3.05, 3.63) is 28.8 Å². The molecule has 1 unspecified atom stereocenters. The molecule has 1 fully saturated rings. The number of thiocarbonyl (C=S) groups is 1. The molecule has 1 aromatic rings. The minimum atomic E-state index is 0.425. The van der Waals surface area contributed by atoms with Crippen LogP contribution in [0.4, 0.5) is 5.69 Å². The van der Waals surface area contributed by atoms with Crippen molar-refractivity contribution in [2.45, 2.75) is 32.6 Å². The Kier molecular flexibility index (Phi) is 5.06. The van der Waals surface area contributed by atoms with Crippen LogP contribution in [0, 0.1) is 5.92 Å². The third-order valence-corrected chi connectivity index (χ3v) is 4.44. The average Bonchev–Trinajstić information content (AvgIpc) is 2.63. The summed E-state index contributed by atoms with van der Waals surface area (Å²) in [6.07, 6.45) is 5.08. The first-order chi connectivity index (χ1) is 9.11. The molecule has 1 heterocycles. The van der Waals surface area contributed by atoms with Crippen molar-refractivity contribution in [2.75, 3.05) is 18.0 Å². The molecule has 104 valence electrons. The van der Waals surface area contributed by atoms with Gasteiger partial charge in [-0.3, -0.25) is 0 Å². The highest BCUT2D eigenvalue weighted by Gasteiger charge is 2.18. The van der Waals surface area contributed by atoms with Gasteiger partial charge in [-0.05, 0) is 43.4 Å². The number of nitrogens with zero attached hydrogens (tertiary/aromatic N) is 1. The zero-order valence-electron chi connectivity index (χ0n) is 11.4. The molecule has 0 saturated carbocycles. The van der Waals surface area contributed by atoms with Crippen LogP contribution in [-0.4, -0.2) is 18.1 Å². The standard InChI is InChI=1S/C15H21ClN2S/c1-2-11-4-3-8-18(9-7-11)14-6-5-12(16)10-13(14)15(17)19/h5-6,10-11H,2-4,7-9H2,1H3,(H2,17,19). The highest BCUT2D eigenvalue weighted by molar-refractivity contribution is 7.80. The van der Waals surface area contributed by atoms with E-state index in [1.807, 2.05) is 18.2 Å². The number of rotatable bonds is 3. The zero-order chi connectivity index (χ0) is 13.8. The fraction of sp³-hybridized carbons (Fsp3) is 0.533. The van der Waals surface area contributed by atoms with Crippen LogP contribution in [0.3, 0.4) is 0 Å². The summed E-state index contributed by atoms with van der Waals surface area (Å²) in [5.41, 5.74) is 7.86. The lowest BCUT2D eigenvalue weighted by atomic mass is 9.98. The Labute approximate surface area is 125 Å². The Morgan fingerprint density at radius 3 is 2.89 bits per heavy atom. The Morgan fingerprint density at radius 1 is 1.42 bits per heavy atom. The van der Waals surface area contributed by atoms with Gasteiger partial charge in [0.2, 0.25) is 0 Å². The molecule has 2 nitrogen and oxygen atoms in total. The Bertz CT molecular complexity index is 461. The van der Waals surface area contributed by atoms with Gasteiger partial charge in [0.05, 0.1) is 0 Å². The molecule has 1 aromatic carbocycles. The molecule has 0 spiro atoms. The lowest BCUT2D eigenvalue weighted by Gasteiger charge is -2.25. The van der Waals surface area contributed by atoms with Crippen LogP contribution in [-0.2, 0) is 0 Å². The second-order valence-electron chi connectivity index (χ2n) is 5.22. The minimum absolute atomic E-state index is 0.425. The van der Waals surface area contributed by atoms with Gasteiger partial charge in [0.15, 0.2) is 0 Å². The molecule has 2 rings (SSSR count). The summed E-state index contributed by atoms with van der Waals surface area (Å²) in [6, 6.07) is 5.84. The molecule has 0 aromatic heterocycles. The molecule has 1 aliphatic rings. The van der Waals surface area contributed by atoms with Gasteiger partial charge in [-0.2, -0.15) is 0 Å². The van der Waals surface area contributed by atoms with Crippen LogP contribution >= 0.6 is 23.8 Å². The monoisotopic (exact) mass is 296 g/mol. The van der Waals surface area contributed by atoms with Crippen LogP contribution in [0.25, 0.3) is 0 Å². The molecule has 4 heteroatoms. The van der Waals surface area contributed by atoms with Gasteiger partial charge in [-0.25, -0.2) is 0 Å². The molecule has 1 saturated heterocycles. The number of hydrogen-bond acceptors (Lipinski definition) is 2. The number of anilines is 1. The normalized spacial score (nSPS) is 20.1. The summed E-state index contributed by atoms with van der Waals surface area (Å²) in [4.78, 5) is 2.83. The maximum atomic E-state index is 6.04. The maximum absolute atomic E-state index is 6.04. The van der Waals surface area contributed by atoms with Crippen LogP contribution in [0.5, 0.6) is 0 Å². The van der Waals surface area contributed by atoms with Crippen molar-refractivity contribution in [3.8, 4) is 0 Å². The van der Waals surface area contributed by atoms with Crippen molar-refractivity contribution in [3.63, 3.8) is 0 Å². The van der Waals surface area contributed by atoms with E-state index in [4.69, 9.17) is 29.6 Å². The summed E-state index contributed by atoms with van der Waals surface area (Å²) in [7, 11) is 0. The molecule has 0 amide bonds. The first-order valence-electron chi connectivity index (χ1n) is 6.96. The summed E-state index contributed by atoms with van der Waals surface area (Å²) >= 11 is 11.2. The predicted octanol–water partition coefficient (Wildman–Crippen LogP) is 3.99. The first-order valence-corrected chi connectivity index (χ1v) is 7.74. The number of hydrogen-bond donors (Lipinski definition) is 1. The van der Waals surface area contributed by atoms with Crippen molar-refractivity contribution < 1.29 is 0 Å². The third kappa shape index (κ3) is 3.61. The van der Waals surface area contributed by atoms with E-state index in [0.717, 1.165) is 30.3 Å². The maximum Gasteiger partial charge on any atom is 0.106 e. The van der Waals surface area contributed by atoms with E-state index < -0.39 is 0 Å². The quantitative estimate of drug-likeness (QED) is 0.855. The third-order valence-electron chi connectivity index (χ3n) is 3.99. The van der Waals surface area contributed by atoms with E-state index in [1.54, 1.807) is 0 Å². The van der Waals surface area contributed by atoms with Gasteiger partial charge in [-0.15, -0.1) is 0 Å². The van der Waals surface area contributed by atoms with E-state index in [-0.39, 0.29) is 0 Å². The van der Waals surface area contributed by atoms with Crippen LogP contribution in [0.2, 0.25) is 5.02 Å². The Morgan fingerprint density at radius 2 is 2.21 bits per heavy atom. The minimum Gasteiger partial charge on any atom is -0.389 e. The van der Waals surface area contributed by atoms with Gasteiger partial charge in [0.1, 0.15) is 4.99 Å². The van der Waals surface area contributed by atoms with Crippen LogP contribution in [0.1, 0.15) is 38.2 Å². The van der Waals surface area contributed by atoms with E-state index in [0.29, 0.717) is 10.0 Å². The van der Waals surface area contributed by atoms with Crippen molar-refractivity contribution in [1.82, 2.24) is 0 Å². The second kappa shape index (κ2) is 6.58. The van der Waals surface area contributed by atoms with E-state index >= 15 is 0 Å². The average molecular weight is 297 g/mol. The SMILES string of the molecule is CCC1CCCN(c2ccc(Cl)cc2C(N)=S)CC1. The molecular formula is C15H21ClN2S. The summed E-state index contributed by atoms with van der Waals surface area (Å²) in [5, 5.41) is 0.688. The highest BCUT2D eigenvalue weighted by atomic mass is 35.5. The lowest BCUT2D eigenvalue weighted by Crippen LogP contribution is -2.27. The summed E-state index contributed by atoms with van der Waals surface area (Å²) in [5.74, 6) is 0.852. The van der Waals surface area contributed by atoms with Gasteiger partial charge < -0.3 is 10.6 Å². The van der Waals surface area contributed by atoms with E-state index in [1.165, 1.54) is 25.7 Å². The largest absolute Gasteiger partial charge is 0.389 e. The van der Waals surface area contributed by atoms with Gasteiger partial charge >= 0.3 is 0 Å². The van der Waals surface area contributed by atoms with Crippen LogP contribution < -0.4 is 10.6 Å². The van der Waals surface area contributed by atoms with Crippen LogP contribution in [0.15, 0.2) is 18.2 Å². The highest BCUT2D eigenvalue weighted by Crippen LogP contribution is 2.28. The molecule has 0 bridgehead atoms. The summed E-state index contributed by atoms with van der Waals surface area (Å²) < 4.78 is 0. The Hall–Kier alpha value is -0.800. The van der Waals surface area contributed by atoms with Gasteiger partial charge in [-0.1, -0.05) is 37.2 Å². The Balaban J connectivity index is 2.23. The molecule has 0 aliphatic carbocycles. The van der Waals surface area contributed by atoms with Gasteiger partial charge in [0, 0.05) is 29.4 Å². The van der Waals surface area contributed by atoms with Crippen molar-refractivity contribution in [1.29, 1.82) is 0 Å². The molecular weight excluding hydrogens is 276 g/mol. The molecule has 0 radical (unpaired) electrons.